The monoisotopic (exact) mass is 272 g/mol. The van der Waals surface area contributed by atoms with Crippen LogP contribution in [0.3, 0.4) is 0 Å². The van der Waals surface area contributed by atoms with Crippen LogP contribution in [0.2, 0.25) is 18.1 Å². The van der Waals surface area contributed by atoms with Crippen LogP contribution in [-0.2, 0) is 0 Å². The molecular formula is C13H18F2O2Si. The molecule has 18 heavy (non-hydrogen) atoms. The minimum absolute atomic E-state index is 0.0346. The van der Waals surface area contributed by atoms with Gasteiger partial charge in [0.15, 0.2) is 17.4 Å². The third-order valence-corrected chi connectivity index (χ3v) is 7.65. The van der Waals surface area contributed by atoms with Crippen LogP contribution < -0.4 is 4.43 Å². The van der Waals surface area contributed by atoms with Crippen LogP contribution in [0, 0.1) is 11.6 Å². The fourth-order valence-electron chi connectivity index (χ4n) is 1.15. The van der Waals surface area contributed by atoms with E-state index in [0.717, 1.165) is 12.1 Å². The number of hydrogen-bond donors (Lipinski definition) is 0. The van der Waals surface area contributed by atoms with E-state index in [-0.39, 0.29) is 16.4 Å². The number of carbonyl (C=O) groups is 1. The van der Waals surface area contributed by atoms with E-state index in [0.29, 0.717) is 6.29 Å². The second kappa shape index (κ2) is 4.80. The fourth-order valence-corrected chi connectivity index (χ4v) is 2.16. The maximum atomic E-state index is 13.7. The minimum atomic E-state index is -2.30. The Kier molecular flexibility index (Phi) is 3.95. The molecule has 0 radical (unpaired) electrons. The molecular weight excluding hydrogens is 254 g/mol. The molecule has 0 aliphatic rings. The van der Waals surface area contributed by atoms with Crippen molar-refractivity contribution in [3.05, 3.63) is 29.3 Å². The van der Waals surface area contributed by atoms with Gasteiger partial charge in [-0.1, -0.05) is 20.8 Å². The highest BCUT2D eigenvalue weighted by Gasteiger charge is 2.40. The van der Waals surface area contributed by atoms with Crippen LogP contribution in [0.4, 0.5) is 8.78 Å². The zero-order valence-electron chi connectivity index (χ0n) is 11.3. The fraction of sp³-hybridized carbons (Fsp3) is 0.462. The van der Waals surface area contributed by atoms with Crippen molar-refractivity contribution in [2.45, 2.75) is 38.9 Å². The zero-order valence-corrected chi connectivity index (χ0v) is 12.3. The zero-order chi connectivity index (χ0) is 14.1. The van der Waals surface area contributed by atoms with E-state index >= 15 is 0 Å². The van der Waals surface area contributed by atoms with Crippen molar-refractivity contribution in [2.75, 3.05) is 0 Å². The van der Waals surface area contributed by atoms with Crippen LogP contribution in [-0.4, -0.2) is 14.6 Å². The predicted octanol–water partition coefficient (Wildman–Crippen LogP) is 4.16. The summed E-state index contributed by atoms with van der Waals surface area (Å²) in [6.45, 7) is 9.75. The Labute approximate surface area is 107 Å². The molecule has 100 valence electrons. The van der Waals surface area contributed by atoms with Crippen LogP contribution in [0.25, 0.3) is 0 Å². The average Bonchev–Trinajstić information content (AvgIpc) is 2.21. The SMILES string of the molecule is CC(C)(C)[Si](C)(C)Oc1c(F)cc(C=O)cc1F. The highest BCUT2D eigenvalue weighted by Crippen LogP contribution is 2.38. The summed E-state index contributed by atoms with van der Waals surface area (Å²) in [7, 11) is -2.30. The maximum Gasteiger partial charge on any atom is 0.250 e. The first-order valence-corrected chi connectivity index (χ1v) is 8.62. The molecule has 1 aromatic carbocycles. The van der Waals surface area contributed by atoms with Crippen molar-refractivity contribution in [2.24, 2.45) is 0 Å². The van der Waals surface area contributed by atoms with E-state index in [1.165, 1.54) is 0 Å². The Morgan fingerprint density at radius 3 is 1.94 bits per heavy atom. The summed E-state index contributed by atoms with van der Waals surface area (Å²) >= 11 is 0. The van der Waals surface area contributed by atoms with Gasteiger partial charge in [-0.05, 0) is 30.3 Å². The maximum absolute atomic E-state index is 13.7. The molecule has 2 nitrogen and oxygen atoms in total. The summed E-state index contributed by atoms with van der Waals surface area (Å²) in [6.07, 6.45) is 0.405. The van der Waals surface area contributed by atoms with E-state index < -0.39 is 20.0 Å². The molecule has 0 fully saturated rings. The molecule has 0 atom stereocenters. The second-order valence-corrected chi connectivity index (χ2v) is 10.5. The summed E-state index contributed by atoms with van der Waals surface area (Å²) in [4.78, 5) is 10.5. The molecule has 0 amide bonds. The highest BCUT2D eigenvalue weighted by molar-refractivity contribution is 6.74. The van der Waals surface area contributed by atoms with Gasteiger partial charge >= 0.3 is 0 Å². The van der Waals surface area contributed by atoms with Crippen molar-refractivity contribution < 1.29 is 18.0 Å². The van der Waals surface area contributed by atoms with E-state index in [4.69, 9.17) is 4.43 Å². The van der Waals surface area contributed by atoms with Crippen molar-refractivity contribution in [1.82, 2.24) is 0 Å². The summed E-state index contributed by atoms with van der Waals surface area (Å²) in [5.74, 6) is -2.05. The molecule has 0 N–H and O–H groups in total. The van der Waals surface area contributed by atoms with Crippen molar-refractivity contribution in [1.29, 1.82) is 0 Å². The molecule has 0 aliphatic carbocycles. The van der Waals surface area contributed by atoms with Gasteiger partial charge in [0.25, 0.3) is 8.32 Å². The second-order valence-electron chi connectivity index (χ2n) is 5.79. The summed E-state index contributed by atoms with van der Waals surface area (Å²) in [6, 6.07) is 1.97. The topological polar surface area (TPSA) is 26.3 Å². The first-order valence-electron chi connectivity index (χ1n) is 5.72. The van der Waals surface area contributed by atoms with Gasteiger partial charge in [-0.25, -0.2) is 8.78 Å². The Balaban J connectivity index is 3.17. The Morgan fingerprint density at radius 1 is 1.17 bits per heavy atom. The third-order valence-electron chi connectivity index (χ3n) is 3.32. The number of benzene rings is 1. The molecule has 1 aromatic rings. The lowest BCUT2D eigenvalue weighted by Crippen LogP contribution is -2.44. The van der Waals surface area contributed by atoms with Gasteiger partial charge in [-0.2, -0.15) is 0 Å². The van der Waals surface area contributed by atoms with Crippen LogP contribution >= 0.6 is 0 Å². The molecule has 0 saturated carbocycles. The van der Waals surface area contributed by atoms with Gasteiger partial charge in [-0.15, -0.1) is 0 Å². The predicted molar refractivity (Wildman–Crippen MR) is 69.6 cm³/mol. The smallest absolute Gasteiger partial charge is 0.250 e. The molecule has 0 heterocycles. The molecule has 5 heteroatoms. The Morgan fingerprint density at radius 2 is 1.61 bits per heavy atom. The van der Waals surface area contributed by atoms with Crippen molar-refractivity contribution >= 4 is 14.6 Å². The lowest BCUT2D eigenvalue weighted by molar-refractivity contribution is 0.112. The minimum Gasteiger partial charge on any atom is -0.540 e. The molecule has 0 aromatic heterocycles. The van der Waals surface area contributed by atoms with Gasteiger partial charge in [-0.3, -0.25) is 4.79 Å². The summed E-state index contributed by atoms with van der Waals surface area (Å²) in [5.41, 5.74) is -0.0346. The quantitative estimate of drug-likeness (QED) is 0.610. The average molecular weight is 272 g/mol. The van der Waals surface area contributed by atoms with E-state index in [2.05, 4.69) is 0 Å². The van der Waals surface area contributed by atoms with Gasteiger partial charge in [0.1, 0.15) is 6.29 Å². The number of carbonyl (C=O) groups excluding carboxylic acids is 1. The molecule has 0 aliphatic heterocycles. The molecule has 0 saturated heterocycles. The first-order chi connectivity index (χ1) is 8.08. The van der Waals surface area contributed by atoms with Crippen molar-refractivity contribution in [3.63, 3.8) is 0 Å². The molecule has 0 spiro atoms. The Hall–Kier alpha value is -1.23. The van der Waals surface area contributed by atoms with Crippen molar-refractivity contribution in [3.8, 4) is 5.75 Å². The van der Waals surface area contributed by atoms with E-state index in [1.807, 2.05) is 33.9 Å². The third kappa shape index (κ3) is 2.96. The van der Waals surface area contributed by atoms with Gasteiger partial charge in [0.05, 0.1) is 0 Å². The van der Waals surface area contributed by atoms with Crippen LogP contribution in [0.5, 0.6) is 5.75 Å². The largest absolute Gasteiger partial charge is 0.540 e. The van der Waals surface area contributed by atoms with Gasteiger partial charge in [0, 0.05) is 5.56 Å². The first kappa shape index (κ1) is 14.8. The summed E-state index contributed by atoms with van der Waals surface area (Å²) in [5, 5.41) is -0.158. The number of rotatable bonds is 3. The van der Waals surface area contributed by atoms with Gasteiger partial charge < -0.3 is 4.43 Å². The number of hydrogen-bond acceptors (Lipinski definition) is 2. The lowest BCUT2D eigenvalue weighted by Gasteiger charge is -2.36. The standard InChI is InChI=1S/C13H18F2O2Si/c1-13(2,3)18(4,5)17-12-10(14)6-9(8-16)7-11(12)15/h6-8H,1-5H3. The van der Waals surface area contributed by atoms with Crippen LogP contribution in [0.15, 0.2) is 12.1 Å². The van der Waals surface area contributed by atoms with E-state index in [9.17, 15) is 13.6 Å². The highest BCUT2D eigenvalue weighted by atomic mass is 28.4. The number of halogens is 2. The normalized spacial score (nSPS) is 12.4. The van der Waals surface area contributed by atoms with Crippen LogP contribution in [0.1, 0.15) is 31.1 Å². The Bertz CT molecular complexity index is 442. The number of aldehydes is 1. The molecule has 0 bridgehead atoms. The molecule has 0 unspecified atom stereocenters. The van der Waals surface area contributed by atoms with E-state index in [1.54, 1.807) is 0 Å². The van der Waals surface area contributed by atoms with Gasteiger partial charge in [0.2, 0.25) is 0 Å². The lowest BCUT2D eigenvalue weighted by atomic mass is 10.2. The summed E-state index contributed by atoms with van der Waals surface area (Å²) < 4.78 is 33.0. The molecule has 1 rings (SSSR count).